The largest absolute Gasteiger partial charge is 0.387 e. The van der Waals surface area contributed by atoms with Gasteiger partial charge in [-0.05, 0) is 20.5 Å². The maximum atomic E-state index is 12.1. The first-order chi connectivity index (χ1) is 9.38. The molecule has 1 aliphatic heterocycles. The van der Waals surface area contributed by atoms with Crippen molar-refractivity contribution in [1.29, 1.82) is 0 Å². The quantitative estimate of drug-likeness (QED) is 0.870. The molecule has 1 amide bonds. The van der Waals surface area contributed by atoms with Crippen molar-refractivity contribution >= 4 is 17.5 Å². The fraction of sp³-hybridized carbons (Fsp3) is 0.692. The number of nitrogens with zero attached hydrogens (tertiary/aromatic N) is 3. The van der Waals surface area contributed by atoms with E-state index in [0.29, 0.717) is 49.8 Å². The van der Waals surface area contributed by atoms with Crippen LogP contribution in [0.25, 0.3) is 0 Å². The Kier molecular flexibility index (Phi) is 4.67. The molecule has 1 aliphatic rings. The minimum atomic E-state index is -0.797. The fourth-order valence-electron chi connectivity index (χ4n) is 2.58. The molecule has 6 nitrogen and oxygen atoms in total. The highest BCUT2D eigenvalue weighted by Gasteiger charge is 2.38. The molecule has 1 aromatic rings. The van der Waals surface area contributed by atoms with Crippen molar-refractivity contribution in [1.82, 2.24) is 15.0 Å². The normalized spacial score (nSPS) is 22.8. The average molecular weight is 302 g/mol. The van der Waals surface area contributed by atoms with E-state index in [4.69, 9.17) is 16.1 Å². The number of halogens is 1. The number of aryl methyl sites for hydroxylation is 1. The number of likely N-dealkylation sites (tertiary alicyclic amines) is 1. The van der Waals surface area contributed by atoms with E-state index in [9.17, 15) is 9.90 Å². The van der Waals surface area contributed by atoms with Crippen molar-refractivity contribution in [2.45, 2.75) is 24.9 Å². The lowest BCUT2D eigenvalue weighted by Crippen LogP contribution is -2.43. The molecule has 0 radical (unpaired) electrons. The third-order valence-electron chi connectivity index (χ3n) is 3.41. The van der Waals surface area contributed by atoms with Gasteiger partial charge < -0.3 is 19.4 Å². The van der Waals surface area contributed by atoms with Crippen LogP contribution in [0.2, 0.25) is 5.15 Å². The number of rotatable bonds is 5. The first-order valence-electron chi connectivity index (χ1n) is 6.64. The SMILES string of the molecule is CN(C)CC1(O)CCN(C(=O)CCc2cc(Cl)no2)C1. The molecule has 7 heteroatoms. The molecule has 2 rings (SSSR count). The lowest BCUT2D eigenvalue weighted by Gasteiger charge is -2.26. The Morgan fingerprint density at radius 3 is 3.00 bits per heavy atom. The lowest BCUT2D eigenvalue weighted by atomic mass is 10.0. The van der Waals surface area contributed by atoms with Gasteiger partial charge in [-0.2, -0.15) is 0 Å². The van der Waals surface area contributed by atoms with Gasteiger partial charge >= 0.3 is 0 Å². The molecule has 0 bridgehead atoms. The molecule has 0 aliphatic carbocycles. The van der Waals surface area contributed by atoms with E-state index in [1.54, 1.807) is 11.0 Å². The van der Waals surface area contributed by atoms with Gasteiger partial charge in [-0.25, -0.2) is 0 Å². The van der Waals surface area contributed by atoms with Crippen molar-refractivity contribution in [2.24, 2.45) is 0 Å². The van der Waals surface area contributed by atoms with Gasteiger partial charge in [0.05, 0.1) is 12.1 Å². The standard InChI is InChI=1S/C13H20ClN3O3/c1-16(2)8-13(19)5-6-17(9-13)12(18)4-3-10-7-11(14)15-20-10/h7,19H,3-6,8-9H2,1-2H3. The summed E-state index contributed by atoms with van der Waals surface area (Å²) < 4.78 is 4.96. The molecule has 0 saturated carbocycles. The summed E-state index contributed by atoms with van der Waals surface area (Å²) in [5, 5.41) is 14.3. The maximum absolute atomic E-state index is 12.1. The van der Waals surface area contributed by atoms with Crippen molar-refractivity contribution in [3.05, 3.63) is 17.0 Å². The van der Waals surface area contributed by atoms with Crippen LogP contribution in [0.15, 0.2) is 10.6 Å². The molecule has 1 N–H and O–H groups in total. The van der Waals surface area contributed by atoms with Gasteiger partial charge in [-0.3, -0.25) is 4.79 Å². The highest BCUT2D eigenvalue weighted by Crippen LogP contribution is 2.23. The molecule has 1 atom stereocenters. The summed E-state index contributed by atoms with van der Waals surface area (Å²) in [6.07, 6.45) is 1.43. The molecule has 1 fully saturated rings. The van der Waals surface area contributed by atoms with Crippen molar-refractivity contribution in [2.75, 3.05) is 33.7 Å². The Morgan fingerprint density at radius 1 is 1.65 bits per heavy atom. The van der Waals surface area contributed by atoms with Gasteiger partial charge in [0.2, 0.25) is 5.91 Å². The van der Waals surface area contributed by atoms with Gasteiger partial charge in [0.15, 0.2) is 5.15 Å². The second-order valence-corrected chi connectivity index (χ2v) is 6.03. The zero-order valence-corrected chi connectivity index (χ0v) is 12.6. The van der Waals surface area contributed by atoms with Crippen LogP contribution in [-0.4, -0.2) is 65.3 Å². The monoisotopic (exact) mass is 301 g/mol. The second-order valence-electron chi connectivity index (χ2n) is 5.64. The predicted molar refractivity (Wildman–Crippen MR) is 74.5 cm³/mol. The highest BCUT2D eigenvalue weighted by atomic mass is 35.5. The van der Waals surface area contributed by atoms with Crippen LogP contribution < -0.4 is 0 Å². The van der Waals surface area contributed by atoms with Crippen LogP contribution in [0.5, 0.6) is 0 Å². The average Bonchev–Trinajstić information content (AvgIpc) is 2.92. The lowest BCUT2D eigenvalue weighted by molar-refractivity contribution is -0.131. The first-order valence-corrected chi connectivity index (χ1v) is 7.02. The van der Waals surface area contributed by atoms with E-state index in [1.807, 2.05) is 19.0 Å². The van der Waals surface area contributed by atoms with E-state index in [2.05, 4.69) is 5.16 Å². The van der Waals surface area contributed by atoms with Crippen molar-refractivity contribution in [3.8, 4) is 0 Å². The summed E-state index contributed by atoms with van der Waals surface area (Å²) in [5.74, 6) is 0.623. The maximum Gasteiger partial charge on any atom is 0.223 e. The summed E-state index contributed by atoms with van der Waals surface area (Å²) >= 11 is 5.65. The molecule has 1 unspecified atom stereocenters. The molecule has 0 spiro atoms. The van der Waals surface area contributed by atoms with Gasteiger partial charge in [0.25, 0.3) is 0 Å². The smallest absolute Gasteiger partial charge is 0.223 e. The van der Waals surface area contributed by atoms with Gasteiger partial charge in [0, 0.05) is 32.0 Å². The second kappa shape index (κ2) is 6.11. The number of aliphatic hydroxyl groups is 1. The molecule has 2 heterocycles. The van der Waals surface area contributed by atoms with Crippen LogP contribution in [-0.2, 0) is 11.2 Å². The topological polar surface area (TPSA) is 69.8 Å². The van der Waals surface area contributed by atoms with E-state index < -0.39 is 5.60 Å². The number of hydrogen-bond acceptors (Lipinski definition) is 5. The van der Waals surface area contributed by atoms with E-state index >= 15 is 0 Å². The molecule has 112 valence electrons. The molecule has 20 heavy (non-hydrogen) atoms. The fourth-order valence-corrected chi connectivity index (χ4v) is 2.74. The molecule has 0 aromatic carbocycles. The van der Waals surface area contributed by atoms with Crippen molar-refractivity contribution in [3.63, 3.8) is 0 Å². The van der Waals surface area contributed by atoms with Gasteiger partial charge in [0.1, 0.15) is 5.76 Å². The number of carbonyl (C=O) groups excluding carboxylic acids is 1. The number of carbonyl (C=O) groups is 1. The van der Waals surface area contributed by atoms with Crippen LogP contribution in [0.1, 0.15) is 18.6 Å². The molecule has 1 saturated heterocycles. The van der Waals surface area contributed by atoms with E-state index in [1.165, 1.54) is 0 Å². The van der Waals surface area contributed by atoms with Gasteiger partial charge in [-0.1, -0.05) is 16.8 Å². The van der Waals surface area contributed by atoms with Crippen molar-refractivity contribution < 1.29 is 14.4 Å². The molecular weight excluding hydrogens is 282 g/mol. The van der Waals surface area contributed by atoms with Crippen LogP contribution in [0.4, 0.5) is 0 Å². The Labute approximate surface area is 123 Å². The number of aromatic nitrogens is 1. The Balaban J connectivity index is 1.82. The summed E-state index contributed by atoms with van der Waals surface area (Å²) in [4.78, 5) is 15.7. The number of hydrogen-bond donors (Lipinski definition) is 1. The summed E-state index contributed by atoms with van der Waals surface area (Å²) in [7, 11) is 3.83. The molecule has 1 aromatic heterocycles. The zero-order chi connectivity index (χ0) is 14.8. The summed E-state index contributed by atoms with van der Waals surface area (Å²) in [6, 6.07) is 1.61. The van der Waals surface area contributed by atoms with Crippen LogP contribution >= 0.6 is 11.6 Å². The number of likely N-dealkylation sites (N-methyl/N-ethyl adjacent to an activating group) is 1. The number of β-amino-alcohol motifs (C(OH)–C–C–N with tert-alkyl or cyclic N) is 1. The van der Waals surface area contributed by atoms with Crippen LogP contribution in [0.3, 0.4) is 0 Å². The predicted octanol–water partition coefficient (Wildman–Crippen LogP) is 0.786. The van der Waals surface area contributed by atoms with Gasteiger partial charge in [-0.15, -0.1) is 0 Å². The number of amides is 1. The Morgan fingerprint density at radius 2 is 2.40 bits per heavy atom. The third-order valence-corrected chi connectivity index (χ3v) is 3.59. The van der Waals surface area contributed by atoms with E-state index in [0.717, 1.165) is 0 Å². The Bertz CT molecular complexity index is 477. The summed E-state index contributed by atoms with van der Waals surface area (Å²) in [5.41, 5.74) is -0.797. The summed E-state index contributed by atoms with van der Waals surface area (Å²) in [6.45, 7) is 1.55. The first kappa shape index (κ1) is 15.3. The third kappa shape index (κ3) is 3.94. The minimum absolute atomic E-state index is 0.0206. The molecular formula is C13H20ClN3O3. The van der Waals surface area contributed by atoms with E-state index in [-0.39, 0.29) is 5.91 Å². The minimum Gasteiger partial charge on any atom is -0.387 e. The van der Waals surface area contributed by atoms with Crippen LogP contribution in [0, 0.1) is 0 Å². The highest BCUT2D eigenvalue weighted by molar-refractivity contribution is 6.29. The Hall–Kier alpha value is -1.11. The zero-order valence-electron chi connectivity index (χ0n) is 11.8.